The molecule has 9 aromatic rings. The smallest absolute Gasteiger partial charge is 0.160 e. The Morgan fingerprint density at radius 3 is 1.20 bits per heavy atom. The van der Waals surface area contributed by atoms with Gasteiger partial charge in [-0.2, -0.15) is 0 Å². The van der Waals surface area contributed by atoms with E-state index in [1.807, 2.05) is 42.7 Å². The summed E-state index contributed by atoms with van der Waals surface area (Å²) in [6.07, 6.45) is 3.79. The van der Waals surface area contributed by atoms with E-state index in [0.29, 0.717) is 5.82 Å². The summed E-state index contributed by atoms with van der Waals surface area (Å²) < 4.78 is 0. The summed E-state index contributed by atoms with van der Waals surface area (Å²) in [6, 6.07) is 61.8. The maximum absolute atomic E-state index is 5.09. The lowest BCUT2D eigenvalue weighted by Gasteiger charge is -2.17. The third-order valence-electron chi connectivity index (χ3n) is 9.40. The van der Waals surface area contributed by atoms with E-state index in [1.54, 1.807) is 0 Å². The normalized spacial score (nSPS) is 11.2. The lowest BCUT2D eigenvalue weighted by molar-refractivity contribution is 1.18. The largest absolute Gasteiger partial charge is 0.264 e. The third-order valence-corrected chi connectivity index (χ3v) is 9.40. The molecule has 2 aromatic heterocycles. The number of benzene rings is 7. The van der Waals surface area contributed by atoms with Crippen LogP contribution in [0.1, 0.15) is 0 Å². The van der Waals surface area contributed by atoms with Crippen LogP contribution in [0.5, 0.6) is 0 Å². The second-order valence-electron chi connectivity index (χ2n) is 12.4. The standard InChI is InChI=1S/C47H31N3/c1-3-12-32(13-4-1)33-21-23-34(24-22-33)43-30-44(50-47(49-43)37-14-5-2-6-15-37)35-25-27-36(28-26-35)45-39-17-7-9-19-41(39)46(38-16-11-29-48-31-38)42-20-10-8-18-40(42)45/h1-31H. The minimum atomic E-state index is 0.706. The van der Waals surface area contributed by atoms with Crippen molar-refractivity contribution in [3.8, 4) is 67.3 Å². The molecular weight excluding hydrogens is 607 g/mol. The Morgan fingerprint density at radius 2 is 0.700 bits per heavy atom. The Kier molecular flexibility index (Phi) is 7.49. The fourth-order valence-corrected chi connectivity index (χ4v) is 6.99. The lowest BCUT2D eigenvalue weighted by atomic mass is 9.86. The van der Waals surface area contributed by atoms with Crippen molar-refractivity contribution in [2.45, 2.75) is 0 Å². The van der Waals surface area contributed by atoms with Crippen molar-refractivity contribution in [2.24, 2.45) is 0 Å². The Morgan fingerprint density at radius 1 is 0.300 bits per heavy atom. The quantitative estimate of drug-likeness (QED) is 0.170. The molecule has 0 aliphatic rings. The van der Waals surface area contributed by atoms with Crippen molar-refractivity contribution in [2.75, 3.05) is 0 Å². The fourth-order valence-electron chi connectivity index (χ4n) is 6.99. The lowest BCUT2D eigenvalue weighted by Crippen LogP contribution is -1.96. The maximum atomic E-state index is 5.09. The first-order valence-electron chi connectivity index (χ1n) is 16.9. The van der Waals surface area contributed by atoms with Gasteiger partial charge in [-0.25, -0.2) is 9.97 Å². The van der Waals surface area contributed by atoms with Gasteiger partial charge in [0.2, 0.25) is 0 Å². The number of rotatable bonds is 6. The number of pyridine rings is 1. The highest BCUT2D eigenvalue weighted by atomic mass is 14.9. The van der Waals surface area contributed by atoms with Crippen LogP contribution in [-0.4, -0.2) is 15.0 Å². The number of nitrogens with zero attached hydrogens (tertiary/aromatic N) is 3. The van der Waals surface area contributed by atoms with E-state index >= 15 is 0 Å². The van der Waals surface area contributed by atoms with Crippen LogP contribution in [-0.2, 0) is 0 Å². The molecule has 0 unspecified atom stereocenters. The molecule has 0 radical (unpaired) electrons. The molecule has 3 nitrogen and oxygen atoms in total. The molecule has 0 saturated carbocycles. The average Bonchev–Trinajstić information content (AvgIpc) is 3.21. The molecule has 0 spiro atoms. The van der Waals surface area contributed by atoms with Crippen molar-refractivity contribution >= 4 is 21.5 Å². The van der Waals surface area contributed by atoms with Crippen molar-refractivity contribution in [1.82, 2.24) is 15.0 Å². The van der Waals surface area contributed by atoms with Gasteiger partial charge >= 0.3 is 0 Å². The number of fused-ring (bicyclic) bond motifs is 2. The minimum absolute atomic E-state index is 0.706. The van der Waals surface area contributed by atoms with Gasteiger partial charge in [0.15, 0.2) is 5.82 Å². The van der Waals surface area contributed by atoms with Gasteiger partial charge in [0.25, 0.3) is 0 Å². The van der Waals surface area contributed by atoms with Crippen molar-refractivity contribution < 1.29 is 0 Å². The fraction of sp³-hybridized carbons (Fsp3) is 0. The summed E-state index contributed by atoms with van der Waals surface area (Å²) in [7, 11) is 0. The summed E-state index contributed by atoms with van der Waals surface area (Å²) in [5.41, 5.74) is 11.9. The molecule has 0 N–H and O–H groups in total. The van der Waals surface area contributed by atoms with E-state index in [4.69, 9.17) is 9.97 Å². The van der Waals surface area contributed by atoms with Gasteiger partial charge in [-0.1, -0.05) is 164 Å². The predicted molar refractivity (Wildman–Crippen MR) is 207 cm³/mol. The topological polar surface area (TPSA) is 38.7 Å². The van der Waals surface area contributed by atoms with Crippen LogP contribution in [0.3, 0.4) is 0 Å². The molecule has 0 amide bonds. The Balaban J connectivity index is 1.16. The minimum Gasteiger partial charge on any atom is -0.264 e. The molecule has 0 aliphatic heterocycles. The summed E-state index contributed by atoms with van der Waals surface area (Å²) in [6.45, 7) is 0. The second kappa shape index (κ2) is 12.7. The van der Waals surface area contributed by atoms with E-state index in [2.05, 4.69) is 151 Å². The monoisotopic (exact) mass is 637 g/mol. The van der Waals surface area contributed by atoms with E-state index in [9.17, 15) is 0 Å². The molecule has 0 aliphatic carbocycles. The van der Waals surface area contributed by atoms with E-state index < -0.39 is 0 Å². The second-order valence-corrected chi connectivity index (χ2v) is 12.4. The molecular formula is C47H31N3. The van der Waals surface area contributed by atoms with Crippen LogP contribution in [0, 0.1) is 0 Å². The zero-order chi connectivity index (χ0) is 33.3. The average molecular weight is 638 g/mol. The summed E-state index contributed by atoms with van der Waals surface area (Å²) in [5.74, 6) is 0.706. The van der Waals surface area contributed by atoms with Crippen LogP contribution in [0.15, 0.2) is 188 Å². The highest BCUT2D eigenvalue weighted by molar-refractivity contribution is 6.21. The van der Waals surface area contributed by atoms with Crippen LogP contribution in [0.25, 0.3) is 88.8 Å². The zero-order valence-corrected chi connectivity index (χ0v) is 27.2. The van der Waals surface area contributed by atoms with Crippen molar-refractivity contribution in [1.29, 1.82) is 0 Å². The summed E-state index contributed by atoms with van der Waals surface area (Å²) in [5, 5.41) is 4.86. The maximum Gasteiger partial charge on any atom is 0.160 e. The van der Waals surface area contributed by atoms with Gasteiger partial charge < -0.3 is 0 Å². The van der Waals surface area contributed by atoms with Gasteiger partial charge in [-0.3, -0.25) is 4.98 Å². The van der Waals surface area contributed by atoms with E-state index in [1.165, 1.54) is 43.8 Å². The van der Waals surface area contributed by atoms with Crippen LogP contribution in [0.2, 0.25) is 0 Å². The third kappa shape index (κ3) is 5.41. The first kappa shape index (κ1) is 29.4. The molecule has 3 heteroatoms. The first-order valence-corrected chi connectivity index (χ1v) is 16.9. The van der Waals surface area contributed by atoms with Gasteiger partial charge in [-0.05, 0) is 61.5 Å². The summed E-state index contributed by atoms with van der Waals surface area (Å²) in [4.78, 5) is 14.6. The molecule has 0 atom stereocenters. The Labute approximate surface area is 291 Å². The molecule has 7 aromatic carbocycles. The van der Waals surface area contributed by atoms with Gasteiger partial charge in [0, 0.05) is 34.6 Å². The molecule has 234 valence electrons. The number of hydrogen-bond donors (Lipinski definition) is 0. The van der Waals surface area contributed by atoms with Crippen LogP contribution in [0.4, 0.5) is 0 Å². The van der Waals surface area contributed by atoms with Crippen molar-refractivity contribution in [3.05, 3.63) is 188 Å². The van der Waals surface area contributed by atoms with E-state index in [-0.39, 0.29) is 0 Å². The Hall–Kier alpha value is -6.71. The Bertz CT molecular complexity index is 2540. The van der Waals surface area contributed by atoms with Gasteiger partial charge in [-0.15, -0.1) is 0 Å². The SMILES string of the molecule is c1ccc(-c2ccc(-c3cc(-c4ccc(-c5c6ccccc6c(-c6cccnc6)c6ccccc56)cc4)nc(-c4ccccc4)n3)cc2)cc1. The highest BCUT2D eigenvalue weighted by Gasteiger charge is 2.17. The highest BCUT2D eigenvalue weighted by Crippen LogP contribution is 2.43. The predicted octanol–water partition coefficient (Wildman–Crippen LogP) is 12.2. The van der Waals surface area contributed by atoms with Gasteiger partial charge in [0.05, 0.1) is 11.4 Å². The molecule has 50 heavy (non-hydrogen) atoms. The number of hydrogen-bond acceptors (Lipinski definition) is 3. The number of aromatic nitrogens is 3. The zero-order valence-electron chi connectivity index (χ0n) is 27.2. The summed E-state index contributed by atoms with van der Waals surface area (Å²) >= 11 is 0. The molecule has 9 rings (SSSR count). The van der Waals surface area contributed by atoms with Crippen LogP contribution < -0.4 is 0 Å². The molecule has 0 bridgehead atoms. The molecule has 0 fully saturated rings. The van der Waals surface area contributed by atoms with Gasteiger partial charge in [0.1, 0.15) is 0 Å². The van der Waals surface area contributed by atoms with Crippen LogP contribution >= 0.6 is 0 Å². The first-order chi connectivity index (χ1) is 24.8. The van der Waals surface area contributed by atoms with E-state index in [0.717, 1.165) is 39.2 Å². The molecule has 2 heterocycles. The molecule has 0 saturated heterocycles. The van der Waals surface area contributed by atoms with Crippen molar-refractivity contribution in [3.63, 3.8) is 0 Å².